The second-order valence-electron chi connectivity index (χ2n) is 5.49. The predicted octanol–water partition coefficient (Wildman–Crippen LogP) is 4.04. The lowest BCUT2D eigenvalue weighted by Crippen LogP contribution is -2.43. The van der Waals surface area contributed by atoms with E-state index in [4.69, 9.17) is 0 Å². The van der Waals surface area contributed by atoms with E-state index < -0.39 is 5.25 Å². The van der Waals surface area contributed by atoms with Gasteiger partial charge in [0.2, 0.25) is 11.8 Å². The number of nitrogens with zero attached hydrogens (tertiary/aromatic N) is 2. The van der Waals surface area contributed by atoms with Gasteiger partial charge in [0, 0.05) is 23.6 Å². The van der Waals surface area contributed by atoms with Crippen molar-refractivity contribution in [2.45, 2.75) is 11.7 Å². The van der Waals surface area contributed by atoms with E-state index >= 15 is 0 Å². The normalized spacial score (nSPS) is 19.1. The first-order valence-electron chi connectivity index (χ1n) is 7.66. The van der Waals surface area contributed by atoms with Crippen LogP contribution in [0, 0.1) is 0 Å². The van der Waals surface area contributed by atoms with Gasteiger partial charge in [-0.1, -0.05) is 52.0 Å². The van der Waals surface area contributed by atoms with Crippen molar-refractivity contribution in [3.05, 3.63) is 59.1 Å². The number of amidine groups is 1. The Morgan fingerprint density at radius 1 is 1.24 bits per heavy atom. The molecule has 2 amide bonds. The van der Waals surface area contributed by atoms with Crippen LogP contribution in [0.4, 0.5) is 11.4 Å². The van der Waals surface area contributed by atoms with Crippen LogP contribution in [0.25, 0.3) is 0 Å². The number of anilines is 1. The maximum absolute atomic E-state index is 12.6. The number of aliphatic imine (C=N–C) groups is 1. The highest BCUT2D eigenvalue weighted by Gasteiger charge is 2.34. The number of halogens is 1. The number of amides is 2. The molecule has 3 rings (SSSR count). The molecule has 25 heavy (non-hydrogen) atoms. The van der Waals surface area contributed by atoms with Gasteiger partial charge in [0.15, 0.2) is 5.17 Å². The molecule has 1 N–H and O–H groups in total. The summed E-state index contributed by atoms with van der Waals surface area (Å²) in [4.78, 5) is 30.8. The van der Waals surface area contributed by atoms with Crippen molar-refractivity contribution in [3.63, 3.8) is 0 Å². The van der Waals surface area contributed by atoms with Crippen molar-refractivity contribution in [2.75, 3.05) is 12.4 Å². The largest absolute Gasteiger partial charge is 0.325 e. The summed E-state index contributed by atoms with van der Waals surface area (Å²) < 4.78 is 0.878. The number of carbonyl (C=O) groups excluding carboxylic acids is 2. The summed E-state index contributed by atoms with van der Waals surface area (Å²) in [6.45, 7) is 0. The Bertz CT molecular complexity index is 826. The Morgan fingerprint density at radius 2 is 2.00 bits per heavy atom. The zero-order valence-electron chi connectivity index (χ0n) is 13.5. The molecule has 1 fully saturated rings. The molecule has 1 saturated heterocycles. The molecular weight excluding hydrogens is 402 g/mol. The van der Waals surface area contributed by atoms with Crippen molar-refractivity contribution in [2.24, 2.45) is 4.99 Å². The van der Waals surface area contributed by atoms with E-state index in [1.165, 1.54) is 16.7 Å². The molecule has 2 aromatic rings. The minimum absolute atomic E-state index is 0.122. The Kier molecular flexibility index (Phi) is 5.55. The van der Waals surface area contributed by atoms with Crippen LogP contribution in [0.3, 0.4) is 0 Å². The number of rotatable bonds is 3. The van der Waals surface area contributed by atoms with E-state index in [0.717, 1.165) is 10.2 Å². The van der Waals surface area contributed by atoms with Gasteiger partial charge in [0.1, 0.15) is 5.25 Å². The van der Waals surface area contributed by atoms with Crippen LogP contribution in [0.5, 0.6) is 0 Å². The molecule has 5 nitrogen and oxygen atoms in total. The maximum atomic E-state index is 12.6. The minimum Gasteiger partial charge on any atom is -0.325 e. The van der Waals surface area contributed by atoms with Gasteiger partial charge in [0.05, 0.1) is 5.69 Å². The van der Waals surface area contributed by atoms with Gasteiger partial charge in [-0.2, -0.15) is 0 Å². The number of hydrogen-bond acceptors (Lipinski definition) is 4. The summed E-state index contributed by atoms with van der Waals surface area (Å²) in [5, 5.41) is 2.87. The number of thioether (sulfide) groups is 1. The highest BCUT2D eigenvalue weighted by molar-refractivity contribution is 9.10. The highest BCUT2D eigenvalue weighted by atomic mass is 79.9. The summed E-state index contributed by atoms with van der Waals surface area (Å²) in [5.74, 6) is -0.326. The minimum atomic E-state index is -0.509. The van der Waals surface area contributed by atoms with Crippen molar-refractivity contribution in [1.29, 1.82) is 0 Å². The predicted molar refractivity (Wildman–Crippen MR) is 105 cm³/mol. The van der Waals surface area contributed by atoms with Gasteiger partial charge in [-0.25, -0.2) is 4.99 Å². The molecular formula is C18H16BrN3O2S. The third-order valence-corrected chi connectivity index (χ3v) is 5.37. The lowest BCUT2D eigenvalue weighted by Gasteiger charge is -2.28. The second kappa shape index (κ2) is 7.84. The third-order valence-electron chi connectivity index (χ3n) is 3.63. The van der Waals surface area contributed by atoms with E-state index in [9.17, 15) is 9.59 Å². The van der Waals surface area contributed by atoms with Crippen molar-refractivity contribution in [3.8, 4) is 0 Å². The van der Waals surface area contributed by atoms with E-state index in [1.807, 2.05) is 54.6 Å². The Labute approximate surface area is 158 Å². The van der Waals surface area contributed by atoms with E-state index in [-0.39, 0.29) is 18.2 Å². The molecule has 1 heterocycles. The molecule has 0 aromatic heterocycles. The molecule has 1 aliphatic heterocycles. The van der Waals surface area contributed by atoms with Gasteiger partial charge >= 0.3 is 0 Å². The standard InChI is InChI=1S/C18H16BrN3O2S/c1-22-16(23)11-15(17(24)20-14-9-5-6-12(19)10-14)25-18(22)21-13-7-3-2-4-8-13/h2-10,15H,11H2,1H3,(H,20,24). The lowest BCUT2D eigenvalue weighted by molar-refractivity contribution is -0.128. The van der Waals surface area contributed by atoms with Crippen LogP contribution in [0.2, 0.25) is 0 Å². The van der Waals surface area contributed by atoms with Gasteiger partial charge in [-0.05, 0) is 30.3 Å². The fraction of sp³-hybridized carbons (Fsp3) is 0.167. The maximum Gasteiger partial charge on any atom is 0.238 e. The van der Waals surface area contributed by atoms with Crippen LogP contribution in [-0.4, -0.2) is 34.2 Å². The van der Waals surface area contributed by atoms with Crippen molar-refractivity contribution >= 4 is 56.0 Å². The van der Waals surface area contributed by atoms with Gasteiger partial charge < -0.3 is 5.32 Å². The summed E-state index contributed by atoms with van der Waals surface area (Å²) in [5.41, 5.74) is 1.44. The van der Waals surface area contributed by atoms with Crippen LogP contribution in [0.15, 0.2) is 64.1 Å². The fourth-order valence-corrected chi connectivity index (χ4v) is 3.76. The molecule has 1 atom stereocenters. The fourth-order valence-electron chi connectivity index (χ4n) is 2.30. The first-order chi connectivity index (χ1) is 12.0. The zero-order chi connectivity index (χ0) is 17.8. The Balaban J connectivity index is 1.77. The first kappa shape index (κ1) is 17.7. The second-order valence-corrected chi connectivity index (χ2v) is 7.58. The Morgan fingerprint density at radius 3 is 2.72 bits per heavy atom. The topological polar surface area (TPSA) is 61.8 Å². The summed E-state index contributed by atoms with van der Waals surface area (Å²) in [6, 6.07) is 16.7. The number of hydrogen-bond donors (Lipinski definition) is 1. The van der Waals surface area contributed by atoms with E-state index in [2.05, 4.69) is 26.2 Å². The molecule has 128 valence electrons. The van der Waals surface area contributed by atoms with Crippen LogP contribution < -0.4 is 5.32 Å². The molecule has 0 bridgehead atoms. The lowest BCUT2D eigenvalue weighted by atomic mass is 10.2. The molecule has 7 heteroatoms. The quantitative estimate of drug-likeness (QED) is 0.819. The number of carbonyl (C=O) groups is 2. The highest BCUT2D eigenvalue weighted by Crippen LogP contribution is 2.29. The molecule has 0 aliphatic carbocycles. The number of benzene rings is 2. The molecule has 2 aromatic carbocycles. The van der Waals surface area contributed by atoms with Crippen LogP contribution >= 0.6 is 27.7 Å². The average molecular weight is 418 g/mol. The SMILES string of the molecule is CN1C(=O)CC(C(=O)Nc2cccc(Br)c2)SC1=Nc1ccccc1. The monoisotopic (exact) mass is 417 g/mol. The number of para-hydroxylation sites is 1. The van der Waals surface area contributed by atoms with E-state index in [0.29, 0.717) is 10.9 Å². The summed E-state index contributed by atoms with van der Waals surface area (Å²) in [7, 11) is 1.68. The zero-order valence-corrected chi connectivity index (χ0v) is 15.9. The smallest absolute Gasteiger partial charge is 0.238 e. The van der Waals surface area contributed by atoms with Crippen molar-refractivity contribution in [1.82, 2.24) is 4.90 Å². The number of nitrogens with one attached hydrogen (secondary N) is 1. The molecule has 0 spiro atoms. The Hall–Kier alpha value is -2.12. The first-order valence-corrected chi connectivity index (χ1v) is 9.33. The van der Waals surface area contributed by atoms with Crippen molar-refractivity contribution < 1.29 is 9.59 Å². The summed E-state index contributed by atoms with van der Waals surface area (Å²) in [6.07, 6.45) is 0.148. The molecule has 0 saturated carbocycles. The summed E-state index contributed by atoms with van der Waals surface area (Å²) >= 11 is 4.68. The van der Waals surface area contributed by atoms with E-state index in [1.54, 1.807) is 7.05 Å². The van der Waals surface area contributed by atoms with Gasteiger partial charge in [-0.15, -0.1) is 0 Å². The molecule has 1 aliphatic rings. The van der Waals surface area contributed by atoms with Crippen LogP contribution in [0.1, 0.15) is 6.42 Å². The van der Waals surface area contributed by atoms with Gasteiger partial charge in [-0.3, -0.25) is 14.5 Å². The molecule has 1 unspecified atom stereocenters. The van der Waals surface area contributed by atoms with Gasteiger partial charge in [0.25, 0.3) is 0 Å². The third kappa shape index (κ3) is 4.49. The van der Waals surface area contributed by atoms with Crippen LogP contribution in [-0.2, 0) is 9.59 Å². The molecule has 0 radical (unpaired) electrons. The average Bonchev–Trinajstić information content (AvgIpc) is 2.59.